The quantitative estimate of drug-likeness (QED) is 0.499. The molecule has 0 fully saturated rings. The summed E-state index contributed by atoms with van der Waals surface area (Å²) in [5, 5.41) is 1.23. The number of ether oxygens (including phenoxy) is 1. The molecule has 1 heterocycles. The molecule has 0 amide bonds. The lowest BCUT2D eigenvalue weighted by atomic mass is 10.1. The van der Waals surface area contributed by atoms with Crippen molar-refractivity contribution in [2.45, 2.75) is 29.5 Å². The SMILES string of the molecule is COc1ccc(CCC(Cn2ccnc2)Sc2ccc(Cl)cc2)cc1. The third kappa shape index (κ3) is 5.55. The van der Waals surface area contributed by atoms with Crippen LogP contribution in [0.4, 0.5) is 0 Å². The van der Waals surface area contributed by atoms with E-state index in [1.54, 1.807) is 7.11 Å². The van der Waals surface area contributed by atoms with Crippen LogP contribution in [-0.4, -0.2) is 21.9 Å². The highest BCUT2D eigenvalue weighted by Gasteiger charge is 2.12. The molecule has 2 aromatic carbocycles. The van der Waals surface area contributed by atoms with Crippen molar-refractivity contribution in [2.24, 2.45) is 0 Å². The van der Waals surface area contributed by atoms with Crippen LogP contribution in [0.1, 0.15) is 12.0 Å². The standard InChI is InChI=1S/C20H21ClN2OS/c1-24-18-7-2-16(3-8-18)4-9-20(14-23-13-12-22-15-23)25-19-10-5-17(21)6-11-19/h2-3,5-8,10-13,15,20H,4,9,14H2,1H3. The normalized spacial score (nSPS) is 12.1. The van der Waals surface area contributed by atoms with Crippen LogP contribution in [0, 0.1) is 0 Å². The number of imidazole rings is 1. The second kappa shape index (κ2) is 8.97. The van der Waals surface area contributed by atoms with Crippen molar-refractivity contribution in [3.05, 3.63) is 77.8 Å². The van der Waals surface area contributed by atoms with Crippen LogP contribution >= 0.6 is 23.4 Å². The molecule has 0 aliphatic heterocycles. The summed E-state index contributed by atoms with van der Waals surface area (Å²) in [5.74, 6) is 0.897. The van der Waals surface area contributed by atoms with E-state index in [0.717, 1.165) is 30.2 Å². The number of halogens is 1. The molecule has 25 heavy (non-hydrogen) atoms. The number of thioether (sulfide) groups is 1. The molecule has 0 bridgehead atoms. The van der Waals surface area contributed by atoms with Gasteiger partial charge in [-0.1, -0.05) is 23.7 Å². The van der Waals surface area contributed by atoms with Gasteiger partial charge in [0, 0.05) is 34.1 Å². The predicted molar refractivity (Wildman–Crippen MR) is 105 cm³/mol. The number of hydrogen-bond donors (Lipinski definition) is 0. The Balaban J connectivity index is 1.65. The van der Waals surface area contributed by atoms with Crippen molar-refractivity contribution in [3.63, 3.8) is 0 Å². The lowest BCUT2D eigenvalue weighted by Gasteiger charge is -2.17. The molecule has 0 saturated carbocycles. The first-order chi connectivity index (χ1) is 12.2. The fraction of sp³-hybridized carbons (Fsp3) is 0.250. The van der Waals surface area contributed by atoms with Crippen LogP contribution in [0.15, 0.2) is 72.1 Å². The van der Waals surface area contributed by atoms with Crippen LogP contribution in [0.5, 0.6) is 5.75 Å². The summed E-state index contributed by atoms with van der Waals surface area (Å²) >= 11 is 7.89. The number of nitrogens with zero attached hydrogens (tertiary/aromatic N) is 2. The highest BCUT2D eigenvalue weighted by atomic mass is 35.5. The minimum absolute atomic E-state index is 0.456. The van der Waals surface area contributed by atoms with Crippen LogP contribution in [0.3, 0.4) is 0 Å². The molecular formula is C20H21ClN2OS. The van der Waals surface area contributed by atoms with Crippen molar-refractivity contribution >= 4 is 23.4 Å². The lowest BCUT2D eigenvalue weighted by Crippen LogP contribution is -2.13. The van der Waals surface area contributed by atoms with Gasteiger partial charge in [0.05, 0.1) is 13.4 Å². The summed E-state index contributed by atoms with van der Waals surface area (Å²) in [6.45, 7) is 0.934. The van der Waals surface area contributed by atoms with E-state index in [-0.39, 0.29) is 0 Å². The zero-order chi connectivity index (χ0) is 17.5. The molecule has 0 spiro atoms. The summed E-state index contributed by atoms with van der Waals surface area (Å²) in [5.41, 5.74) is 1.33. The molecule has 3 nitrogen and oxygen atoms in total. The van der Waals surface area contributed by atoms with E-state index in [1.165, 1.54) is 10.5 Å². The zero-order valence-electron chi connectivity index (χ0n) is 14.1. The van der Waals surface area contributed by atoms with Gasteiger partial charge < -0.3 is 9.30 Å². The Morgan fingerprint density at radius 1 is 1.12 bits per heavy atom. The minimum Gasteiger partial charge on any atom is -0.497 e. The number of benzene rings is 2. The maximum atomic E-state index is 6.00. The Kier molecular flexibility index (Phi) is 6.42. The molecular weight excluding hydrogens is 352 g/mol. The molecule has 0 radical (unpaired) electrons. The second-order valence-corrected chi connectivity index (χ2v) is 7.65. The molecule has 1 atom stereocenters. The largest absolute Gasteiger partial charge is 0.497 e. The average Bonchev–Trinajstić information content (AvgIpc) is 3.15. The molecule has 1 unspecified atom stereocenters. The van der Waals surface area contributed by atoms with Crippen LogP contribution < -0.4 is 4.74 Å². The van der Waals surface area contributed by atoms with Crippen molar-refractivity contribution in [2.75, 3.05) is 7.11 Å². The number of aryl methyl sites for hydroxylation is 1. The maximum Gasteiger partial charge on any atom is 0.118 e. The van der Waals surface area contributed by atoms with E-state index >= 15 is 0 Å². The highest BCUT2D eigenvalue weighted by molar-refractivity contribution is 8.00. The van der Waals surface area contributed by atoms with Crippen molar-refractivity contribution in [3.8, 4) is 5.75 Å². The van der Waals surface area contributed by atoms with Gasteiger partial charge in [-0.3, -0.25) is 0 Å². The molecule has 1 aromatic heterocycles. The van der Waals surface area contributed by atoms with Gasteiger partial charge in [-0.2, -0.15) is 0 Å². The Labute approximate surface area is 158 Å². The predicted octanol–water partition coefficient (Wildman–Crippen LogP) is 5.34. The maximum absolute atomic E-state index is 6.00. The third-order valence-corrected chi connectivity index (χ3v) is 5.52. The van der Waals surface area contributed by atoms with Crippen LogP contribution in [-0.2, 0) is 13.0 Å². The van der Waals surface area contributed by atoms with Gasteiger partial charge in [-0.05, 0) is 54.8 Å². The zero-order valence-corrected chi connectivity index (χ0v) is 15.7. The molecule has 3 aromatic rings. The lowest BCUT2D eigenvalue weighted by molar-refractivity contribution is 0.414. The van der Waals surface area contributed by atoms with Crippen molar-refractivity contribution in [1.29, 1.82) is 0 Å². The fourth-order valence-electron chi connectivity index (χ4n) is 2.64. The second-order valence-electron chi connectivity index (χ2n) is 5.84. The monoisotopic (exact) mass is 372 g/mol. The molecule has 0 aliphatic carbocycles. The first-order valence-corrected chi connectivity index (χ1v) is 9.49. The average molecular weight is 373 g/mol. The summed E-state index contributed by atoms with van der Waals surface area (Å²) in [6, 6.07) is 16.4. The number of rotatable bonds is 8. The number of aromatic nitrogens is 2. The van der Waals surface area contributed by atoms with Gasteiger partial charge in [0.15, 0.2) is 0 Å². The van der Waals surface area contributed by atoms with Gasteiger partial charge in [0.1, 0.15) is 5.75 Å². The van der Waals surface area contributed by atoms with Gasteiger partial charge >= 0.3 is 0 Å². The number of hydrogen-bond acceptors (Lipinski definition) is 3. The Hall–Kier alpha value is -1.91. The Morgan fingerprint density at radius 3 is 2.52 bits per heavy atom. The molecule has 0 aliphatic rings. The topological polar surface area (TPSA) is 27.1 Å². The summed E-state index contributed by atoms with van der Waals surface area (Å²) in [4.78, 5) is 5.39. The first-order valence-electron chi connectivity index (χ1n) is 8.24. The molecule has 3 rings (SSSR count). The summed E-state index contributed by atoms with van der Waals surface area (Å²) in [7, 11) is 1.69. The van der Waals surface area contributed by atoms with E-state index < -0.39 is 0 Å². The third-order valence-electron chi connectivity index (χ3n) is 4.00. The van der Waals surface area contributed by atoms with Crippen LogP contribution in [0.2, 0.25) is 5.02 Å². The Morgan fingerprint density at radius 2 is 1.88 bits per heavy atom. The van der Waals surface area contributed by atoms with Gasteiger partial charge in [-0.25, -0.2) is 4.98 Å². The van der Waals surface area contributed by atoms with Gasteiger partial charge in [0.2, 0.25) is 0 Å². The summed E-state index contributed by atoms with van der Waals surface area (Å²) in [6.07, 6.45) is 7.83. The minimum atomic E-state index is 0.456. The van der Waals surface area contributed by atoms with Gasteiger partial charge in [0.25, 0.3) is 0 Å². The van der Waals surface area contributed by atoms with E-state index in [4.69, 9.17) is 16.3 Å². The van der Waals surface area contributed by atoms with Crippen molar-refractivity contribution in [1.82, 2.24) is 9.55 Å². The summed E-state index contributed by atoms with van der Waals surface area (Å²) < 4.78 is 7.37. The Bertz CT molecular complexity index is 757. The van der Waals surface area contributed by atoms with Crippen LogP contribution in [0.25, 0.3) is 0 Å². The molecule has 0 saturated heterocycles. The van der Waals surface area contributed by atoms with E-state index in [1.807, 2.05) is 54.7 Å². The number of methoxy groups -OCH3 is 1. The molecule has 130 valence electrons. The van der Waals surface area contributed by atoms with Crippen molar-refractivity contribution < 1.29 is 4.74 Å². The van der Waals surface area contributed by atoms with E-state index in [2.05, 4.69) is 33.8 Å². The first kappa shape index (κ1) is 17.9. The smallest absolute Gasteiger partial charge is 0.118 e. The van der Waals surface area contributed by atoms with Gasteiger partial charge in [-0.15, -0.1) is 11.8 Å². The highest BCUT2D eigenvalue weighted by Crippen LogP contribution is 2.29. The van der Waals surface area contributed by atoms with E-state index in [0.29, 0.717) is 5.25 Å². The molecule has 5 heteroatoms. The molecule has 0 N–H and O–H groups in total. The fourth-order valence-corrected chi connectivity index (χ4v) is 3.93. The van der Waals surface area contributed by atoms with E-state index in [9.17, 15) is 0 Å².